The summed E-state index contributed by atoms with van der Waals surface area (Å²) in [7, 11) is 0. The van der Waals surface area contributed by atoms with Crippen LogP contribution in [-0.2, 0) is 0 Å². The summed E-state index contributed by atoms with van der Waals surface area (Å²) in [6, 6.07) is 75.7. The number of fused-ring (bicyclic) bond motifs is 5. The highest BCUT2D eigenvalue weighted by atomic mass is 16.3. The Bertz CT molecular complexity index is 2880. The molecule has 54 heavy (non-hydrogen) atoms. The Morgan fingerprint density at radius 2 is 0.667 bits per heavy atom. The van der Waals surface area contributed by atoms with E-state index in [1.807, 2.05) is 0 Å². The van der Waals surface area contributed by atoms with Gasteiger partial charge in [-0.1, -0.05) is 170 Å². The second-order valence-corrected chi connectivity index (χ2v) is 13.7. The van der Waals surface area contributed by atoms with Crippen LogP contribution in [0.25, 0.3) is 77.2 Å². The average Bonchev–Trinajstić information content (AvgIpc) is 3.65. The topological polar surface area (TPSA) is 16.4 Å². The minimum absolute atomic E-state index is 0.893. The van der Waals surface area contributed by atoms with Gasteiger partial charge in [0.2, 0.25) is 0 Å². The van der Waals surface area contributed by atoms with Crippen molar-refractivity contribution in [3.05, 3.63) is 212 Å². The molecule has 0 aliphatic carbocycles. The molecule has 0 saturated heterocycles. The molecule has 0 aliphatic rings. The summed E-state index contributed by atoms with van der Waals surface area (Å²) in [4.78, 5) is 2.33. The van der Waals surface area contributed by atoms with Gasteiger partial charge >= 0.3 is 0 Å². The predicted octanol–water partition coefficient (Wildman–Crippen LogP) is 14.9. The monoisotopic (exact) mass is 689 g/mol. The van der Waals surface area contributed by atoms with Crippen LogP contribution in [0.4, 0.5) is 17.1 Å². The van der Waals surface area contributed by atoms with Crippen molar-refractivity contribution in [1.29, 1.82) is 0 Å². The van der Waals surface area contributed by atoms with Gasteiger partial charge in [0.1, 0.15) is 11.2 Å². The molecule has 1 aromatic heterocycles. The van der Waals surface area contributed by atoms with E-state index in [4.69, 9.17) is 4.42 Å². The minimum Gasteiger partial charge on any atom is -0.455 e. The van der Waals surface area contributed by atoms with Crippen molar-refractivity contribution in [2.24, 2.45) is 0 Å². The fourth-order valence-corrected chi connectivity index (χ4v) is 7.93. The molecule has 0 bridgehead atoms. The summed E-state index contributed by atoms with van der Waals surface area (Å²) in [6.07, 6.45) is 0. The zero-order valence-electron chi connectivity index (χ0n) is 29.6. The summed E-state index contributed by atoms with van der Waals surface area (Å²) in [6.45, 7) is 0. The Balaban J connectivity index is 1.16. The first kappa shape index (κ1) is 31.6. The smallest absolute Gasteiger partial charge is 0.143 e. The second kappa shape index (κ2) is 13.4. The first-order valence-electron chi connectivity index (χ1n) is 18.4. The van der Waals surface area contributed by atoms with Gasteiger partial charge in [0, 0.05) is 38.8 Å². The maximum Gasteiger partial charge on any atom is 0.143 e. The Labute approximate surface area is 314 Å². The molecule has 10 aromatic rings. The van der Waals surface area contributed by atoms with Crippen LogP contribution >= 0.6 is 0 Å². The first-order valence-corrected chi connectivity index (χ1v) is 18.4. The molecule has 0 N–H and O–H groups in total. The molecule has 10 rings (SSSR count). The van der Waals surface area contributed by atoms with Gasteiger partial charge in [-0.15, -0.1) is 0 Å². The molecule has 254 valence electrons. The standard InChI is InChI=1S/C52H35NO/c1-4-14-36(15-5-1)38-24-26-41(27-25-38)50-49(45-20-10-11-21-46(45)52-51(50)47-22-12-13-23-48(47)54-52)40-30-34-44(35-31-40)53(42-18-8-3-9-19-42)43-32-28-39(29-33-43)37-16-6-2-7-17-37/h1-35H. The van der Waals surface area contributed by atoms with E-state index in [9.17, 15) is 0 Å². The maximum atomic E-state index is 6.69. The van der Waals surface area contributed by atoms with E-state index < -0.39 is 0 Å². The van der Waals surface area contributed by atoms with E-state index in [1.54, 1.807) is 0 Å². The third kappa shape index (κ3) is 5.53. The lowest BCUT2D eigenvalue weighted by Gasteiger charge is -2.26. The summed E-state index contributed by atoms with van der Waals surface area (Å²) in [5.41, 5.74) is 14.6. The lowest BCUT2D eigenvalue weighted by Crippen LogP contribution is -2.09. The van der Waals surface area contributed by atoms with Crippen molar-refractivity contribution in [1.82, 2.24) is 0 Å². The third-order valence-corrected chi connectivity index (χ3v) is 10.5. The third-order valence-electron chi connectivity index (χ3n) is 10.5. The molecule has 0 unspecified atom stereocenters. The van der Waals surface area contributed by atoms with Crippen LogP contribution in [0.15, 0.2) is 217 Å². The van der Waals surface area contributed by atoms with E-state index in [0.717, 1.165) is 60.9 Å². The van der Waals surface area contributed by atoms with Gasteiger partial charge in [-0.05, 0) is 86.8 Å². The largest absolute Gasteiger partial charge is 0.455 e. The van der Waals surface area contributed by atoms with Crippen LogP contribution in [0.3, 0.4) is 0 Å². The van der Waals surface area contributed by atoms with Crippen LogP contribution in [0.5, 0.6) is 0 Å². The lowest BCUT2D eigenvalue weighted by atomic mass is 9.86. The molecule has 0 amide bonds. The van der Waals surface area contributed by atoms with Gasteiger partial charge in [0.25, 0.3) is 0 Å². The van der Waals surface area contributed by atoms with Gasteiger partial charge in [0.15, 0.2) is 0 Å². The SMILES string of the molecule is c1ccc(-c2ccc(-c3c(-c4ccc(N(c5ccccc5)c5ccc(-c6ccccc6)cc5)cc4)c4ccccc4c4oc5ccccc5c34)cc2)cc1. The molecule has 0 aliphatic heterocycles. The highest BCUT2D eigenvalue weighted by molar-refractivity contribution is 6.26. The fourth-order valence-electron chi connectivity index (χ4n) is 7.93. The number of para-hydroxylation sites is 2. The van der Waals surface area contributed by atoms with Crippen LogP contribution < -0.4 is 4.90 Å². The number of benzene rings is 9. The molecule has 2 heteroatoms. The normalized spacial score (nSPS) is 11.3. The highest BCUT2D eigenvalue weighted by Gasteiger charge is 2.23. The number of furan rings is 1. The molecule has 1 heterocycles. The molecular weight excluding hydrogens is 655 g/mol. The van der Waals surface area contributed by atoms with Gasteiger partial charge in [-0.3, -0.25) is 0 Å². The Morgan fingerprint density at radius 3 is 1.26 bits per heavy atom. The summed E-state index contributed by atoms with van der Waals surface area (Å²) < 4.78 is 6.69. The van der Waals surface area contributed by atoms with Crippen molar-refractivity contribution in [2.75, 3.05) is 4.90 Å². The van der Waals surface area contributed by atoms with Crippen LogP contribution in [0, 0.1) is 0 Å². The Morgan fingerprint density at radius 1 is 0.278 bits per heavy atom. The molecular formula is C52H35NO. The number of hydrogen-bond donors (Lipinski definition) is 0. The Hall–Kier alpha value is -7.16. The van der Waals surface area contributed by atoms with Gasteiger partial charge < -0.3 is 9.32 Å². The number of anilines is 3. The average molecular weight is 690 g/mol. The number of rotatable bonds is 7. The van der Waals surface area contributed by atoms with Gasteiger partial charge in [-0.2, -0.15) is 0 Å². The summed E-state index contributed by atoms with van der Waals surface area (Å²) in [5, 5.41) is 4.53. The molecule has 0 fully saturated rings. The van der Waals surface area contributed by atoms with Crippen molar-refractivity contribution in [2.45, 2.75) is 0 Å². The fraction of sp³-hybridized carbons (Fsp3) is 0. The quantitative estimate of drug-likeness (QED) is 0.166. The van der Waals surface area contributed by atoms with Crippen molar-refractivity contribution in [3.63, 3.8) is 0 Å². The lowest BCUT2D eigenvalue weighted by molar-refractivity contribution is 0.673. The second-order valence-electron chi connectivity index (χ2n) is 13.7. The van der Waals surface area contributed by atoms with Crippen molar-refractivity contribution < 1.29 is 4.42 Å². The van der Waals surface area contributed by atoms with E-state index in [-0.39, 0.29) is 0 Å². The van der Waals surface area contributed by atoms with Crippen LogP contribution in [0.2, 0.25) is 0 Å². The van der Waals surface area contributed by atoms with E-state index in [2.05, 4.69) is 217 Å². The van der Waals surface area contributed by atoms with E-state index >= 15 is 0 Å². The minimum atomic E-state index is 0.893. The van der Waals surface area contributed by atoms with Gasteiger partial charge in [-0.25, -0.2) is 0 Å². The summed E-state index contributed by atoms with van der Waals surface area (Å²) in [5.74, 6) is 0. The number of nitrogens with zero attached hydrogens (tertiary/aromatic N) is 1. The zero-order valence-corrected chi connectivity index (χ0v) is 29.6. The van der Waals surface area contributed by atoms with E-state index in [0.29, 0.717) is 0 Å². The maximum absolute atomic E-state index is 6.69. The van der Waals surface area contributed by atoms with E-state index in [1.165, 1.54) is 33.4 Å². The molecule has 2 nitrogen and oxygen atoms in total. The molecule has 0 saturated carbocycles. The zero-order chi connectivity index (χ0) is 35.8. The van der Waals surface area contributed by atoms with Gasteiger partial charge in [0.05, 0.1) is 0 Å². The van der Waals surface area contributed by atoms with Crippen molar-refractivity contribution in [3.8, 4) is 44.5 Å². The van der Waals surface area contributed by atoms with Crippen LogP contribution in [0.1, 0.15) is 0 Å². The number of hydrogen-bond acceptors (Lipinski definition) is 2. The Kier molecular flexibility index (Phi) is 7.85. The molecule has 0 radical (unpaired) electrons. The van der Waals surface area contributed by atoms with Crippen LogP contribution in [-0.4, -0.2) is 0 Å². The molecule has 0 spiro atoms. The molecule has 0 atom stereocenters. The molecule has 9 aromatic carbocycles. The summed E-state index contributed by atoms with van der Waals surface area (Å²) >= 11 is 0. The predicted molar refractivity (Wildman–Crippen MR) is 228 cm³/mol. The first-order chi connectivity index (χ1) is 26.8. The van der Waals surface area contributed by atoms with Crippen molar-refractivity contribution >= 4 is 49.8 Å². The highest BCUT2D eigenvalue weighted by Crippen LogP contribution is 2.48.